The van der Waals surface area contributed by atoms with Crippen molar-refractivity contribution in [2.75, 3.05) is 7.11 Å². The van der Waals surface area contributed by atoms with Crippen molar-refractivity contribution in [1.82, 2.24) is 19.4 Å². The van der Waals surface area contributed by atoms with E-state index in [1.807, 2.05) is 0 Å². The summed E-state index contributed by atoms with van der Waals surface area (Å²) < 4.78 is 47.0. The van der Waals surface area contributed by atoms with Gasteiger partial charge in [0.1, 0.15) is 11.4 Å². The topological polar surface area (TPSA) is 98.7 Å². The number of aromatic nitrogens is 4. The normalized spacial score (nSPS) is 14.0. The van der Waals surface area contributed by atoms with Crippen LogP contribution in [-0.2, 0) is 16.9 Å². The van der Waals surface area contributed by atoms with Gasteiger partial charge in [0, 0.05) is 18.6 Å². The average molecular weight is 424 g/mol. The average Bonchev–Trinajstić information content (AvgIpc) is 3.30. The molecule has 0 bridgehead atoms. The van der Waals surface area contributed by atoms with E-state index in [1.165, 1.54) is 36.1 Å². The molecule has 160 valence electrons. The number of aliphatic hydroxyl groups is 1. The molecule has 3 aromatic rings. The molecule has 11 heteroatoms. The number of nitrogens with zero attached hydrogens (tertiary/aromatic N) is 4. The van der Waals surface area contributed by atoms with Crippen LogP contribution in [0, 0.1) is 0 Å². The number of fused-ring (bicyclic) bond motifs is 1. The van der Waals surface area contributed by atoms with Gasteiger partial charge in [0.2, 0.25) is 5.60 Å². The first-order valence-corrected chi connectivity index (χ1v) is 8.94. The van der Waals surface area contributed by atoms with Crippen molar-refractivity contribution in [2.45, 2.75) is 38.6 Å². The molecule has 0 saturated heterocycles. The van der Waals surface area contributed by atoms with Gasteiger partial charge in [-0.05, 0) is 30.2 Å². The molecule has 30 heavy (non-hydrogen) atoms. The number of hydrogen-bond acceptors (Lipinski definition) is 6. The first-order chi connectivity index (χ1) is 14.0. The molecular formula is C19H19F3N4O4. The van der Waals surface area contributed by atoms with Gasteiger partial charge in [-0.2, -0.15) is 13.2 Å². The van der Waals surface area contributed by atoms with Crippen molar-refractivity contribution >= 4 is 17.3 Å². The first kappa shape index (κ1) is 21.5. The molecule has 1 N–H and O–H groups in total. The molecule has 0 aliphatic carbocycles. The number of methoxy groups -OCH3 is 1. The Morgan fingerprint density at radius 3 is 2.53 bits per heavy atom. The van der Waals surface area contributed by atoms with Crippen LogP contribution in [0.4, 0.5) is 13.2 Å². The Bertz CT molecular complexity index is 1120. The predicted molar refractivity (Wildman–Crippen MR) is 98.1 cm³/mol. The van der Waals surface area contributed by atoms with Crippen LogP contribution in [0.25, 0.3) is 5.52 Å². The van der Waals surface area contributed by atoms with Crippen molar-refractivity contribution in [2.24, 2.45) is 0 Å². The van der Waals surface area contributed by atoms with Crippen molar-refractivity contribution in [3.05, 3.63) is 53.1 Å². The van der Waals surface area contributed by atoms with Crippen LogP contribution in [0.3, 0.4) is 0 Å². The van der Waals surface area contributed by atoms with Crippen molar-refractivity contribution in [3.63, 3.8) is 0 Å². The number of hydrogen-bond donors (Lipinski definition) is 1. The third-order valence-electron chi connectivity index (χ3n) is 4.86. The minimum absolute atomic E-state index is 0.0648. The number of ketones is 1. The molecule has 0 aromatic carbocycles. The lowest BCUT2D eigenvalue weighted by Crippen LogP contribution is -2.42. The number of ether oxygens (including phenoxy) is 1. The van der Waals surface area contributed by atoms with Gasteiger partial charge in [0.05, 0.1) is 25.4 Å². The second-order valence-electron chi connectivity index (χ2n) is 6.80. The molecule has 8 nitrogen and oxygen atoms in total. The van der Waals surface area contributed by atoms with Gasteiger partial charge in [-0.3, -0.25) is 4.79 Å². The second-order valence-corrected chi connectivity index (χ2v) is 6.80. The van der Waals surface area contributed by atoms with Crippen LogP contribution in [-0.4, -0.2) is 49.5 Å². The molecule has 0 aliphatic rings. The standard InChI is InChI=1S/C19H19F3N4O4/c1-4-18(29,19(20,21)22)15-10-25(24-23-15)9-12-5-6-26-13(7-12)8-14(17(28)30-3)16(26)11(2)27/h5-8,10,29H,4,9H2,1-3H3. The number of halogens is 3. The zero-order chi connectivity index (χ0) is 22.3. The van der Waals surface area contributed by atoms with E-state index < -0.39 is 29.9 Å². The van der Waals surface area contributed by atoms with Crippen molar-refractivity contribution in [1.29, 1.82) is 0 Å². The maximum absolute atomic E-state index is 13.2. The number of carbonyl (C=O) groups is 2. The molecule has 0 amide bonds. The maximum atomic E-state index is 13.2. The largest absolute Gasteiger partial charge is 0.465 e. The van der Waals surface area contributed by atoms with Crippen molar-refractivity contribution < 1.29 is 32.6 Å². The molecule has 0 fully saturated rings. The highest BCUT2D eigenvalue weighted by Crippen LogP contribution is 2.40. The SMILES string of the molecule is CCC(O)(c1cn(Cc2ccn3c(C(C)=O)c(C(=O)OC)cc3c2)nn1)C(F)(F)F. The summed E-state index contributed by atoms with van der Waals surface area (Å²) in [6.45, 7) is 2.60. The van der Waals surface area contributed by atoms with Gasteiger partial charge >= 0.3 is 12.1 Å². The lowest BCUT2D eigenvalue weighted by Gasteiger charge is -2.26. The van der Waals surface area contributed by atoms with Crippen LogP contribution < -0.4 is 0 Å². The maximum Gasteiger partial charge on any atom is 0.423 e. The summed E-state index contributed by atoms with van der Waals surface area (Å²) in [5.74, 6) is -0.979. The third kappa shape index (κ3) is 3.56. The molecule has 0 spiro atoms. The van der Waals surface area contributed by atoms with E-state index in [4.69, 9.17) is 4.74 Å². The van der Waals surface area contributed by atoms with Gasteiger partial charge in [0.15, 0.2) is 5.78 Å². The summed E-state index contributed by atoms with van der Waals surface area (Å²) in [4.78, 5) is 23.9. The number of carbonyl (C=O) groups excluding carboxylic acids is 2. The predicted octanol–water partition coefficient (Wildman–Crippen LogP) is 2.73. The summed E-state index contributed by atoms with van der Waals surface area (Å²) in [7, 11) is 1.21. The van der Waals surface area contributed by atoms with E-state index in [-0.39, 0.29) is 23.6 Å². The molecule has 1 unspecified atom stereocenters. The Morgan fingerprint density at radius 1 is 1.27 bits per heavy atom. The van der Waals surface area contributed by atoms with Crippen LogP contribution in [0.2, 0.25) is 0 Å². The fourth-order valence-corrected chi connectivity index (χ4v) is 3.23. The van der Waals surface area contributed by atoms with Gasteiger partial charge in [-0.15, -0.1) is 5.10 Å². The summed E-state index contributed by atoms with van der Waals surface area (Å²) in [5, 5.41) is 17.2. The summed E-state index contributed by atoms with van der Waals surface area (Å²) in [6.07, 6.45) is -2.87. The highest BCUT2D eigenvalue weighted by Gasteiger charge is 2.55. The van der Waals surface area contributed by atoms with E-state index in [0.29, 0.717) is 11.1 Å². The fourth-order valence-electron chi connectivity index (χ4n) is 3.23. The molecule has 3 aromatic heterocycles. The number of esters is 1. The molecule has 3 rings (SSSR count). The van der Waals surface area contributed by atoms with E-state index in [2.05, 4.69) is 10.3 Å². The zero-order valence-electron chi connectivity index (χ0n) is 16.4. The van der Waals surface area contributed by atoms with Crippen LogP contribution in [0.15, 0.2) is 30.6 Å². The Balaban J connectivity index is 1.95. The summed E-state index contributed by atoms with van der Waals surface area (Å²) >= 11 is 0. The lowest BCUT2D eigenvalue weighted by molar-refractivity contribution is -0.269. The Labute approximate surface area is 168 Å². The van der Waals surface area contributed by atoms with Gasteiger partial charge < -0.3 is 14.2 Å². The first-order valence-electron chi connectivity index (χ1n) is 8.94. The molecular weight excluding hydrogens is 405 g/mol. The van der Waals surface area contributed by atoms with Crippen LogP contribution in [0.5, 0.6) is 0 Å². The third-order valence-corrected chi connectivity index (χ3v) is 4.86. The zero-order valence-corrected chi connectivity index (χ0v) is 16.4. The highest BCUT2D eigenvalue weighted by molar-refractivity contribution is 6.06. The van der Waals surface area contributed by atoms with Crippen LogP contribution >= 0.6 is 0 Å². The van der Waals surface area contributed by atoms with E-state index >= 15 is 0 Å². The summed E-state index contributed by atoms with van der Waals surface area (Å²) in [6, 6.07) is 4.80. The lowest BCUT2D eigenvalue weighted by atomic mass is 9.96. The summed E-state index contributed by atoms with van der Waals surface area (Å²) in [5.41, 5.74) is -2.22. The second kappa shape index (κ2) is 7.56. The van der Waals surface area contributed by atoms with Gasteiger partial charge in [-0.25, -0.2) is 9.48 Å². The van der Waals surface area contributed by atoms with E-state index in [0.717, 1.165) is 6.20 Å². The fraction of sp³-hybridized carbons (Fsp3) is 0.368. The van der Waals surface area contributed by atoms with Crippen molar-refractivity contribution in [3.8, 4) is 0 Å². The smallest absolute Gasteiger partial charge is 0.423 e. The Kier molecular flexibility index (Phi) is 5.42. The van der Waals surface area contributed by atoms with Gasteiger partial charge in [0.25, 0.3) is 0 Å². The number of rotatable bonds is 6. The molecule has 0 aliphatic heterocycles. The quantitative estimate of drug-likeness (QED) is 0.483. The molecule has 0 radical (unpaired) electrons. The Hall–Kier alpha value is -3.21. The Morgan fingerprint density at radius 2 is 1.97 bits per heavy atom. The molecule has 1 atom stereocenters. The van der Waals surface area contributed by atoms with E-state index in [9.17, 15) is 27.9 Å². The molecule has 0 saturated carbocycles. The number of Topliss-reactive ketones (excluding diaryl/α,β-unsaturated/α-hetero) is 1. The minimum Gasteiger partial charge on any atom is -0.465 e. The highest BCUT2D eigenvalue weighted by atomic mass is 19.4. The number of pyridine rings is 1. The number of alkyl halides is 3. The minimum atomic E-state index is -4.89. The van der Waals surface area contributed by atoms with Gasteiger partial charge in [-0.1, -0.05) is 12.1 Å². The monoisotopic (exact) mass is 424 g/mol. The van der Waals surface area contributed by atoms with Crippen LogP contribution in [0.1, 0.15) is 52.4 Å². The molecule has 3 heterocycles. The van der Waals surface area contributed by atoms with E-state index in [1.54, 1.807) is 18.3 Å².